The Morgan fingerprint density at radius 2 is 2.00 bits per heavy atom. The van der Waals surface area contributed by atoms with E-state index >= 15 is 0 Å². The lowest BCUT2D eigenvalue weighted by molar-refractivity contribution is -0.109. The van der Waals surface area contributed by atoms with Gasteiger partial charge >= 0.3 is 0 Å². The molecule has 20 heavy (non-hydrogen) atoms. The molecular weight excluding hydrogens is 254 g/mol. The van der Waals surface area contributed by atoms with Gasteiger partial charge in [0.2, 0.25) is 0 Å². The van der Waals surface area contributed by atoms with Gasteiger partial charge < -0.3 is 10.1 Å². The van der Waals surface area contributed by atoms with Crippen LogP contribution in [0.5, 0.6) is 0 Å². The van der Waals surface area contributed by atoms with Crippen LogP contribution in [0.3, 0.4) is 0 Å². The quantitative estimate of drug-likeness (QED) is 0.836. The second-order valence-electron chi connectivity index (χ2n) is 4.43. The predicted molar refractivity (Wildman–Crippen MR) is 74.2 cm³/mol. The Hall–Kier alpha value is -2.56. The second-order valence-corrected chi connectivity index (χ2v) is 4.43. The van der Waals surface area contributed by atoms with Crippen molar-refractivity contribution in [2.24, 2.45) is 0 Å². The number of nitrogens with one attached hydrogen (secondary N) is 1. The van der Waals surface area contributed by atoms with Crippen molar-refractivity contribution in [3.63, 3.8) is 0 Å². The highest BCUT2D eigenvalue weighted by Crippen LogP contribution is 2.18. The Morgan fingerprint density at radius 1 is 1.25 bits per heavy atom. The zero-order valence-electron chi connectivity index (χ0n) is 11.1. The fourth-order valence-corrected chi connectivity index (χ4v) is 1.88. The van der Waals surface area contributed by atoms with Crippen molar-refractivity contribution in [1.29, 1.82) is 0 Å². The molecule has 1 heterocycles. The van der Waals surface area contributed by atoms with Gasteiger partial charge in [-0.1, -0.05) is 37.3 Å². The lowest BCUT2D eigenvalue weighted by Gasteiger charge is -2.20. The summed E-state index contributed by atoms with van der Waals surface area (Å²) in [5.74, 6) is -0.521. The summed E-state index contributed by atoms with van der Waals surface area (Å²) in [7, 11) is 0. The van der Waals surface area contributed by atoms with E-state index in [0.717, 1.165) is 11.8 Å². The zero-order valence-corrected chi connectivity index (χ0v) is 11.1. The number of rotatable bonds is 5. The molecule has 0 aliphatic carbocycles. The molecule has 0 aliphatic heterocycles. The van der Waals surface area contributed by atoms with E-state index in [2.05, 4.69) is 15.3 Å². The van der Waals surface area contributed by atoms with Gasteiger partial charge in [-0.2, -0.15) is 0 Å². The Balaban J connectivity index is 2.10. The Kier molecular flexibility index (Phi) is 4.55. The zero-order chi connectivity index (χ0) is 14.4. The van der Waals surface area contributed by atoms with E-state index in [9.17, 15) is 9.59 Å². The van der Waals surface area contributed by atoms with E-state index in [1.54, 1.807) is 0 Å². The molecular formula is C15H15N3O2. The van der Waals surface area contributed by atoms with Crippen LogP contribution in [-0.2, 0) is 4.79 Å². The number of hydrogen-bond acceptors (Lipinski definition) is 4. The second kappa shape index (κ2) is 6.56. The van der Waals surface area contributed by atoms with E-state index in [1.807, 2.05) is 37.3 Å². The van der Waals surface area contributed by atoms with Crippen molar-refractivity contribution in [1.82, 2.24) is 15.3 Å². The van der Waals surface area contributed by atoms with Gasteiger partial charge in [-0.15, -0.1) is 0 Å². The Bertz CT molecular complexity index is 572. The minimum Gasteiger partial charge on any atom is -0.341 e. The molecule has 0 saturated carbocycles. The first-order valence-electron chi connectivity index (χ1n) is 6.29. The van der Waals surface area contributed by atoms with Gasteiger partial charge in [-0.3, -0.25) is 9.78 Å². The van der Waals surface area contributed by atoms with E-state index in [0.29, 0.717) is 0 Å². The normalized spacial score (nSPS) is 13.2. The molecule has 0 saturated heterocycles. The van der Waals surface area contributed by atoms with Gasteiger partial charge in [0.15, 0.2) is 0 Å². The number of aromatic nitrogens is 2. The fraction of sp³-hybridized carbons (Fsp3) is 0.200. The van der Waals surface area contributed by atoms with Crippen LogP contribution in [0.25, 0.3) is 0 Å². The molecule has 0 spiro atoms. The highest BCUT2D eigenvalue weighted by atomic mass is 16.2. The van der Waals surface area contributed by atoms with Crippen molar-refractivity contribution in [2.45, 2.75) is 18.9 Å². The van der Waals surface area contributed by atoms with E-state index < -0.39 is 11.9 Å². The molecule has 102 valence electrons. The molecule has 0 aliphatic rings. The van der Waals surface area contributed by atoms with E-state index in [-0.39, 0.29) is 11.6 Å². The molecule has 5 heteroatoms. The summed E-state index contributed by atoms with van der Waals surface area (Å²) in [6.45, 7) is 1.89. The van der Waals surface area contributed by atoms with Crippen LogP contribution in [-0.4, -0.2) is 28.2 Å². The molecule has 2 rings (SSSR count). The van der Waals surface area contributed by atoms with Gasteiger partial charge in [-0.25, -0.2) is 4.98 Å². The minimum atomic E-state index is -0.605. The van der Waals surface area contributed by atoms with Crippen molar-refractivity contribution < 1.29 is 9.59 Å². The highest BCUT2D eigenvalue weighted by Gasteiger charge is 2.21. The minimum absolute atomic E-state index is 0.116. The smallest absolute Gasteiger partial charge is 0.272 e. The lowest BCUT2D eigenvalue weighted by Crippen LogP contribution is -2.40. The van der Waals surface area contributed by atoms with Crippen LogP contribution in [0.15, 0.2) is 48.9 Å². The predicted octanol–water partition coefficient (Wildman–Crippen LogP) is 1.58. The highest BCUT2D eigenvalue weighted by molar-refractivity contribution is 5.93. The maximum absolute atomic E-state index is 12.0. The first-order chi connectivity index (χ1) is 9.72. The molecule has 1 aromatic carbocycles. The summed E-state index contributed by atoms with van der Waals surface area (Å²) in [5, 5.41) is 2.67. The molecule has 5 nitrogen and oxygen atoms in total. The average molecular weight is 269 g/mol. The molecule has 2 atom stereocenters. The molecule has 0 radical (unpaired) electrons. The summed E-state index contributed by atoms with van der Waals surface area (Å²) in [4.78, 5) is 31.0. The van der Waals surface area contributed by atoms with Crippen LogP contribution in [0.1, 0.15) is 28.9 Å². The monoisotopic (exact) mass is 269 g/mol. The van der Waals surface area contributed by atoms with Crippen molar-refractivity contribution in [3.05, 3.63) is 60.2 Å². The molecule has 1 unspecified atom stereocenters. The number of hydrogen-bond donors (Lipinski definition) is 1. The molecule has 1 N–H and O–H groups in total. The van der Waals surface area contributed by atoms with Crippen LogP contribution < -0.4 is 5.32 Å². The number of benzene rings is 1. The van der Waals surface area contributed by atoms with Crippen molar-refractivity contribution >= 4 is 12.2 Å². The first-order valence-corrected chi connectivity index (χ1v) is 6.29. The molecule has 0 bridgehead atoms. The number of nitrogens with zero attached hydrogens (tertiary/aromatic N) is 2. The Labute approximate surface area is 117 Å². The third kappa shape index (κ3) is 3.26. The standard InChI is InChI=1S/C15H15N3O2/c1-11(12-5-3-2-4-6-12)14(10-19)18-15(20)13-9-16-7-8-17-13/h2-11,14H,1H3,(H,18,20)/t11?,14-/m1/s1. The Morgan fingerprint density at radius 3 is 2.60 bits per heavy atom. The number of carbonyl (C=O) groups is 2. The summed E-state index contributed by atoms with van der Waals surface area (Å²) in [5.41, 5.74) is 1.18. The third-order valence-corrected chi connectivity index (χ3v) is 3.10. The maximum atomic E-state index is 12.0. The lowest BCUT2D eigenvalue weighted by atomic mass is 9.94. The summed E-state index contributed by atoms with van der Waals surface area (Å²) < 4.78 is 0. The number of amides is 1. The number of carbonyl (C=O) groups excluding carboxylic acids is 2. The summed E-state index contributed by atoms with van der Waals surface area (Å²) in [6.07, 6.45) is 5.03. The van der Waals surface area contributed by atoms with Crippen LogP contribution in [0.4, 0.5) is 0 Å². The summed E-state index contributed by atoms with van der Waals surface area (Å²) in [6, 6.07) is 8.96. The van der Waals surface area contributed by atoms with Gasteiger partial charge in [-0.05, 0) is 5.56 Å². The molecule has 1 aromatic heterocycles. The van der Waals surface area contributed by atoms with Gasteiger partial charge in [0.25, 0.3) is 5.91 Å². The van der Waals surface area contributed by atoms with Crippen LogP contribution >= 0.6 is 0 Å². The van der Waals surface area contributed by atoms with Crippen LogP contribution in [0.2, 0.25) is 0 Å². The van der Waals surface area contributed by atoms with Crippen molar-refractivity contribution in [3.8, 4) is 0 Å². The maximum Gasteiger partial charge on any atom is 0.272 e. The van der Waals surface area contributed by atoms with Gasteiger partial charge in [0.1, 0.15) is 12.0 Å². The largest absolute Gasteiger partial charge is 0.341 e. The van der Waals surface area contributed by atoms with Gasteiger partial charge in [0.05, 0.1) is 12.2 Å². The molecule has 2 aromatic rings. The molecule has 0 fully saturated rings. The fourth-order valence-electron chi connectivity index (χ4n) is 1.88. The van der Waals surface area contributed by atoms with Gasteiger partial charge in [0, 0.05) is 18.3 Å². The third-order valence-electron chi connectivity index (χ3n) is 3.10. The van der Waals surface area contributed by atoms with E-state index in [1.165, 1.54) is 18.6 Å². The van der Waals surface area contributed by atoms with Crippen LogP contribution in [0, 0.1) is 0 Å². The molecule has 1 amide bonds. The number of aldehydes is 1. The summed E-state index contributed by atoms with van der Waals surface area (Å²) >= 11 is 0. The average Bonchev–Trinajstić information content (AvgIpc) is 2.53. The van der Waals surface area contributed by atoms with Crippen molar-refractivity contribution in [2.75, 3.05) is 0 Å². The first kappa shape index (κ1) is 13.9. The topological polar surface area (TPSA) is 72.0 Å². The van der Waals surface area contributed by atoms with E-state index in [4.69, 9.17) is 0 Å². The SMILES string of the molecule is CC(c1ccccc1)[C@@H](C=O)NC(=O)c1cnccn1.